The molecular formula is C13H21N3O. The third kappa shape index (κ3) is 2.52. The second-order valence-corrected chi connectivity index (χ2v) is 4.90. The number of methoxy groups -OCH3 is 1. The quantitative estimate of drug-likeness (QED) is 0.849. The normalized spacial score (nSPS) is 25.0. The van der Waals surface area contributed by atoms with Gasteiger partial charge in [0.1, 0.15) is 5.82 Å². The summed E-state index contributed by atoms with van der Waals surface area (Å²) in [5.74, 6) is 1.65. The standard InChI is InChI=1S/C13H21N3O/c1-9-4-5-16(8-12(9)17-3)13-10(2)6-11(14)7-15-13/h6-7,9,12H,4-5,8,14H2,1-3H3. The van der Waals surface area contributed by atoms with Crippen molar-refractivity contribution in [1.82, 2.24) is 4.98 Å². The van der Waals surface area contributed by atoms with E-state index in [1.54, 1.807) is 13.3 Å². The van der Waals surface area contributed by atoms with Gasteiger partial charge in [0, 0.05) is 20.2 Å². The van der Waals surface area contributed by atoms with E-state index in [1.165, 1.54) is 0 Å². The van der Waals surface area contributed by atoms with E-state index in [-0.39, 0.29) is 0 Å². The van der Waals surface area contributed by atoms with E-state index < -0.39 is 0 Å². The topological polar surface area (TPSA) is 51.4 Å². The molecule has 4 heteroatoms. The van der Waals surface area contributed by atoms with Crippen LogP contribution in [0.25, 0.3) is 0 Å². The van der Waals surface area contributed by atoms with Gasteiger partial charge in [-0.15, -0.1) is 0 Å². The molecular weight excluding hydrogens is 214 g/mol. The summed E-state index contributed by atoms with van der Waals surface area (Å²) in [6.45, 7) is 6.25. The predicted molar refractivity (Wildman–Crippen MR) is 70.2 cm³/mol. The second-order valence-electron chi connectivity index (χ2n) is 4.90. The van der Waals surface area contributed by atoms with Gasteiger partial charge in [0.25, 0.3) is 0 Å². The Morgan fingerprint density at radius 3 is 2.94 bits per heavy atom. The van der Waals surface area contributed by atoms with Crippen LogP contribution < -0.4 is 10.6 Å². The summed E-state index contributed by atoms with van der Waals surface area (Å²) >= 11 is 0. The number of nitrogens with zero attached hydrogens (tertiary/aromatic N) is 2. The SMILES string of the molecule is COC1CN(c2ncc(N)cc2C)CCC1C. The molecule has 17 heavy (non-hydrogen) atoms. The first-order chi connectivity index (χ1) is 8.11. The molecule has 0 aromatic carbocycles. The van der Waals surface area contributed by atoms with Crippen molar-refractivity contribution in [3.05, 3.63) is 17.8 Å². The van der Waals surface area contributed by atoms with E-state index in [0.29, 0.717) is 12.0 Å². The maximum Gasteiger partial charge on any atom is 0.131 e. The highest BCUT2D eigenvalue weighted by molar-refractivity contribution is 5.52. The van der Waals surface area contributed by atoms with Crippen LogP contribution in [0.15, 0.2) is 12.3 Å². The van der Waals surface area contributed by atoms with E-state index in [4.69, 9.17) is 10.5 Å². The Hall–Kier alpha value is -1.29. The summed E-state index contributed by atoms with van der Waals surface area (Å²) < 4.78 is 5.52. The number of anilines is 2. The summed E-state index contributed by atoms with van der Waals surface area (Å²) in [6, 6.07) is 1.97. The lowest BCUT2D eigenvalue weighted by molar-refractivity contribution is 0.0496. The molecule has 0 saturated carbocycles. The van der Waals surface area contributed by atoms with Crippen molar-refractivity contribution in [3.63, 3.8) is 0 Å². The van der Waals surface area contributed by atoms with Crippen molar-refractivity contribution < 1.29 is 4.74 Å². The lowest BCUT2D eigenvalue weighted by Crippen LogP contribution is -2.44. The average Bonchev–Trinajstić information content (AvgIpc) is 2.30. The van der Waals surface area contributed by atoms with E-state index in [9.17, 15) is 0 Å². The Morgan fingerprint density at radius 2 is 2.29 bits per heavy atom. The van der Waals surface area contributed by atoms with Gasteiger partial charge in [-0.3, -0.25) is 0 Å². The van der Waals surface area contributed by atoms with E-state index in [2.05, 4.69) is 23.7 Å². The Labute approximate surface area is 103 Å². The molecule has 0 amide bonds. The minimum absolute atomic E-state index is 0.294. The zero-order valence-corrected chi connectivity index (χ0v) is 10.8. The number of ether oxygens (including phenoxy) is 1. The van der Waals surface area contributed by atoms with Crippen molar-refractivity contribution in [2.75, 3.05) is 30.8 Å². The number of hydrogen-bond donors (Lipinski definition) is 1. The van der Waals surface area contributed by atoms with Gasteiger partial charge in [0.05, 0.1) is 18.0 Å². The molecule has 1 saturated heterocycles. The van der Waals surface area contributed by atoms with Crippen molar-refractivity contribution in [2.24, 2.45) is 5.92 Å². The zero-order chi connectivity index (χ0) is 12.4. The number of pyridine rings is 1. The minimum atomic E-state index is 0.294. The van der Waals surface area contributed by atoms with Gasteiger partial charge >= 0.3 is 0 Å². The van der Waals surface area contributed by atoms with Crippen LogP contribution in [0.4, 0.5) is 11.5 Å². The highest BCUT2D eigenvalue weighted by atomic mass is 16.5. The van der Waals surface area contributed by atoms with Crippen molar-refractivity contribution >= 4 is 11.5 Å². The molecule has 1 fully saturated rings. The van der Waals surface area contributed by atoms with Gasteiger partial charge < -0.3 is 15.4 Å². The summed E-state index contributed by atoms with van der Waals surface area (Å²) in [5.41, 5.74) is 7.58. The van der Waals surface area contributed by atoms with Crippen molar-refractivity contribution in [2.45, 2.75) is 26.4 Å². The summed E-state index contributed by atoms with van der Waals surface area (Å²) in [5, 5.41) is 0. The van der Waals surface area contributed by atoms with Crippen molar-refractivity contribution in [1.29, 1.82) is 0 Å². The van der Waals surface area contributed by atoms with Gasteiger partial charge in [0.2, 0.25) is 0 Å². The Bertz CT molecular complexity index is 394. The van der Waals surface area contributed by atoms with Gasteiger partial charge in [-0.2, -0.15) is 0 Å². The maximum atomic E-state index is 5.73. The lowest BCUT2D eigenvalue weighted by atomic mass is 9.95. The third-order valence-electron chi connectivity index (χ3n) is 3.56. The highest BCUT2D eigenvalue weighted by Crippen LogP contribution is 2.26. The Kier molecular flexibility index (Phi) is 3.52. The Balaban J connectivity index is 2.17. The molecule has 2 unspecified atom stereocenters. The zero-order valence-electron chi connectivity index (χ0n) is 10.8. The smallest absolute Gasteiger partial charge is 0.131 e. The molecule has 1 aliphatic heterocycles. The van der Waals surface area contributed by atoms with Crippen LogP contribution in [0, 0.1) is 12.8 Å². The van der Waals surface area contributed by atoms with Gasteiger partial charge in [0.15, 0.2) is 0 Å². The molecule has 0 aliphatic carbocycles. The number of aryl methyl sites for hydroxylation is 1. The van der Waals surface area contributed by atoms with E-state index >= 15 is 0 Å². The number of aromatic nitrogens is 1. The first-order valence-electron chi connectivity index (χ1n) is 6.11. The molecule has 2 heterocycles. The van der Waals surface area contributed by atoms with Gasteiger partial charge in [-0.1, -0.05) is 6.92 Å². The summed E-state index contributed by atoms with van der Waals surface area (Å²) in [6.07, 6.45) is 3.16. The van der Waals surface area contributed by atoms with Crippen LogP contribution in [-0.2, 0) is 4.74 Å². The van der Waals surface area contributed by atoms with Crippen LogP contribution in [0.3, 0.4) is 0 Å². The first kappa shape index (κ1) is 12.2. The largest absolute Gasteiger partial charge is 0.397 e. The number of piperidine rings is 1. The fourth-order valence-corrected chi connectivity index (χ4v) is 2.45. The Morgan fingerprint density at radius 1 is 1.53 bits per heavy atom. The molecule has 0 spiro atoms. The maximum absolute atomic E-state index is 5.73. The number of hydrogen-bond acceptors (Lipinski definition) is 4. The van der Waals surface area contributed by atoms with Gasteiger partial charge in [-0.25, -0.2) is 4.98 Å². The van der Waals surface area contributed by atoms with Gasteiger partial charge in [-0.05, 0) is 30.9 Å². The highest BCUT2D eigenvalue weighted by Gasteiger charge is 2.27. The van der Waals surface area contributed by atoms with E-state index in [0.717, 1.165) is 36.6 Å². The first-order valence-corrected chi connectivity index (χ1v) is 6.11. The van der Waals surface area contributed by atoms with Crippen LogP contribution in [0.5, 0.6) is 0 Å². The number of nitrogens with two attached hydrogens (primary N) is 1. The molecule has 0 radical (unpaired) electrons. The minimum Gasteiger partial charge on any atom is -0.397 e. The fraction of sp³-hybridized carbons (Fsp3) is 0.615. The molecule has 1 aromatic rings. The lowest BCUT2D eigenvalue weighted by Gasteiger charge is -2.37. The molecule has 4 nitrogen and oxygen atoms in total. The van der Waals surface area contributed by atoms with Crippen LogP contribution in [0.1, 0.15) is 18.9 Å². The van der Waals surface area contributed by atoms with Crippen molar-refractivity contribution in [3.8, 4) is 0 Å². The molecule has 1 aliphatic rings. The summed E-state index contributed by atoms with van der Waals surface area (Å²) in [4.78, 5) is 6.74. The molecule has 94 valence electrons. The van der Waals surface area contributed by atoms with Crippen LogP contribution in [0.2, 0.25) is 0 Å². The molecule has 1 aromatic heterocycles. The van der Waals surface area contributed by atoms with E-state index in [1.807, 2.05) is 6.07 Å². The average molecular weight is 235 g/mol. The number of rotatable bonds is 2. The monoisotopic (exact) mass is 235 g/mol. The summed E-state index contributed by atoms with van der Waals surface area (Å²) in [7, 11) is 1.79. The fourth-order valence-electron chi connectivity index (χ4n) is 2.45. The van der Waals surface area contributed by atoms with Crippen LogP contribution in [-0.4, -0.2) is 31.3 Å². The van der Waals surface area contributed by atoms with Crippen LogP contribution >= 0.6 is 0 Å². The second kappa shape index (κ2) is 4.92. The molecule has 2 N–H and O–H groups in total. The molecule has 0 bridgehead atoms. The molecule has 2 atom stereocenters. The molecule has 2 rings (SSSR count). The number of nitrogen functional groups attached to an aromatic ring is 1. The predicted octanol–water partition coefficient (Wildman–Crippen LogP) is 1.83. The third-order valence-corrected chi connectivity index (χ3v) is 3.56.